The van der Waals surface area contributed by atoms with E-state index in [2.05, 4.69) is 10.3 Å². The predicted molar refractivity (Wildman–Crippen MR) is 90.7 cm³/mol. The highest BCUT2D eigenvalue weighted by Crippen LogP contribution is 2.36. The van der Waals surface area contributed by atoms with Crippen molar-refractivity contribution in [3.05, 3.63) is 65.7 Å². The first-order valence-electron chi connectivity index (χ1n) is 8.24. The molecule has 1 aromatic carbocycles. The van der Waals surface area contributed by atoms with Crippen LogP contribution in [0.15, 0.2) is 48.8 Å². The van der Waals surface area contributed by atoms with Crippen molar-refractivity contribution in [2.75, 3.05) is 7.05 Å². The number of benzene rings is 1. The van der Waals surface area contributed by atoms with Gasteiger partial charge in [0, 0.05) is 32.4 Å². The number of carbonyl (C=O) groups excluding carboxylic acids is 2. The Morgan fingerprint density at radius 1 is 1.36 bits per heavy atom. The zero-order chi connectivity index (χ0) is 17.8. The highest BCUT2D eigenvalue weighted by molar-refractivity contribution is 5.84. The molecule has 2 heterocycles. The molecule has 2 amide bonds. The van der Waals surface area contributed by atoms with E-state index in [9.17, 15) is 14.0 Å². The summed E-state index contributed by atoms with van der Waals surface area (Å²) in [5.41, 5.74) is 1.54. The lowest BCUT2D eigenvalue weighted by Crippen LogP contribution is -2.46. The average Bonchev–Trinajstić information content (AvgIpc) is 2.62. The van der Waals surface area contributed by atoms with E-state index in [0.717, 1.165) is 5.56 Å². The van der Waals surface area contributed by atoms with E-state index in [1.165, 1.54) is 12.1 Å². The Morgan fingerprint density at radius 2 is 2.20 bits per heavy atom. The number of halogens is 1. The highest BCUT2D eigenvalue weighted by Gasteiger charge is 2.38. The Bertz CT molecular complexity index is 766. The number of hydrogen-bond donors (Lipinski definition) is 1. The lowest BCUT2D eigenvalue weighted by Gasteiger charge is -2.38. The molecule has 0 spiro atoms. The van der Waals surface area contributed by atoms with Crippen LogP contribution in [-0.2, 0) is 16.1 Å². The maximum absolute atomic E-state index is 13.6. The van der Waals surface area contributed by atoms with Gasteiger partial charge in [0.2, 0.25) is 11.8 Å². The average molecular weight is 341 g/mol. The maximum Gasteiger partial charge on any atom is 0.225 e. The van der Waals surface area contributed by atoms with Crippen molar-refractivity contribution in [3.63, 3.8) is 0 Å². The summed E-state index contributed by atoms with van der Waals surface area (Å²) in [6.07, 6.45) is 4.13. The second kappa shape index (κ2) is 7.42. The normalized spacial score (nSPS) is 20.4. The Balaban J connectivity index is 1.79. The summed E-state index contributed by atoms with van der Waals surface area (Å²) in [7, 11) is 1.67. The number of aromatic nitrogens is 1. The monoisotopic (exact) mass is 341 g/mol. The number of nitrogens with zero attached hydrogens (tertiary/aromatic N) is 2. The Morgan fingerprint density at radius 3 is 2.92 bits per heavy atom. The Labute approximate surface area is 145 Å². The minimum Gasteiger partial charge on any atom is -0.352 e. The van der Waals surface area contributed by atoms with Crippen molar-refractivity contribution in [3.8, 4) is 0 Å². The first-order valence-corrected chi connectivity index (χ1v) is 8.24. The quantitative estimate of drug-likeness (QED) is 0.929. The second-order valence-electron chi connectivity index (χ2n) is 6.23. The minimum absolute atomic E-state index is 0.0365. The van der Waals surface area contributed by atoms with Crippen LogP contribution >= 0.6 is 0 Å². The summed E-state index contributed by atoms with van der Waals surface area (Å²) in [5, 5.41) is 2.91. The zero-order valence-electron chi connectivity index (χ0n) is 14.0. The Hall–Kier alpha value is -2.76. The van der Waals surface area contributed by atoms with Gasteiger partial charge in [-0.15, -0.1) is 0 Å². The summed E-state index contributed by atoms with van der Waals surface area (Å²) < 4.78 is 13.6. The van der Waals surface area contributed by atoms with Crippen LogP contribution < -0.4 is 5.32 Å². The molecule has 0 bridgehead atoms. The van der Waals surface area contributed by atoms with Crippen molar-refractivity contribution in [1.82, 2.24) is 15.2 Å². The number of nitrogens with one attached hydrogen (secondary N) is 1. The first-order chi connectivity index (χ1) is 12.1. The van der Waals surface area contributed by atoms with Gasteiger partial charge in [-0.2, -0.15) is 0 Å². The molecule has 1 N–H and O–H groups in total. The molecule has 0 unspecified atom stereocenters. The molecule has 0 aliphatic carbocycles. The van der Waals surface area contributed by atoms with Gasteiger partial charge in [0.15, 0.2) is 0 Å². The topological polar surface area (TPSA) is 62.3 Å². The van der Waals surface area contributed by atoms with Crippen LogP contribution in [0.4, 0.5) is 4.39 Å². The van der Waals surface area contributed by atoms with E-state index in [4.69, 9.17) is 0 Å². The first kappa shape index (κ1) is 17.1. The Kier molecular flexibility index (Phi) is 5.07. The van der Waals surface area contributed by atoms with Gasteiger partial charge in [0.05, 0.1) is 12.0 Å². The molecular formula is C19H20FN3O2. The summed E-state index contributed by atoms with van der Waals surface area (Å²) >= 11 is 0. The van der Waals surface area contributed by atoms with Crippen LogP contribution in [0.1, 0.15) is 30.0 Å². The molecule has 1 saturated heterocycles. The maximum atomic E-state index is 13.6. The summed E-state index contributed by atoms with van der Waals surface area (Å²) in [6.45, 7) is 0.372. The lowest BCUT2D eigenvalue weighted by atomic mass is 9.84. The SMILES string of the molecule is CN1C(=O)CC[C@@H](C(=O)NCc2cccnc2)[C@H]1c1cccc(F)c1. The number of pyridine rings is 1. The molecule has 3 rings (SSSR count). The largest absolute Gasteiger partial charge is 0.352 e. The van der Waals surface area contributed by atoms with E-state index < -0.39 is 12.0 Å². The van der Waals surface area contributed by atoms with Gasteiger partial charge in [0.1, 0.15) is 5.82 Å². The number of carbonyl (C=O) groups is 2. The molecule has 130 valence electrons. The molecule has 0 radical (unpaired) electrons. The molecule has 1 aromatic heterocycles. The van der Waals surface area contributed by atoms with Crippen molar-refractivity contribution >= 4 is 11.8 Å². The second-order valence-corrected chi connectivity index (χ2v) is 6.23. The van der Waals surface area contributed by atoms with Crippen LogP contribution in [0.5, 0.6) is 0 Å². The minimum atomic E-state index is -0.467. The summed E-state index contributed by atoms with van der Waals surface area (Å²) in [5.74, 6) is -0.970. The van der Waals surface area contributed by atoms with Crippen molar-refractivity contribution in [1.29, 1.82) is 0 Å². The lowest BCUT2D eigenvalue weighted by molar-refractivity contribution is -0.141. The molecule has 25 heavy (non-hydrogen) atoms. The molecule has 0 saturated carbocycles. The molecule has 5 nitrogen and oxygen atoms in total. The third-order valence-corrected chi connectivity index (χ3v) is 4.58. The van der Waals surface area contributed by atoms with Gasteiger partial charge < -0.3 is 10.2 Å². The van der Waals surface area contributed by atoms with Gasteiger partial charge in [-0.1, -0.05) is 18.2 Å². The van der Waals surface area contributed by atoms with Gasteiger partial charge in [-0.05, 0) is 35.7 Å². The summed E-state index contributed by atoms with van der Waals surface area (Å²) in [6, 6.07) is 9.32. The van der Waals surface area contributed by atoms with Crippen molar-refractivity contribution in [2.24, 2.45) is 5.92 Å². The van der Waals surface area contributed by atoms with Crippen LogP contribution in [-0.4, -0.2) is 28.7 Å². The number of rotatable bonds is 4. The standard InChI is InChI=1S/C19H20FN3O2/c1-23-17(24)8-7-16(18(23)14-5-2-6-15(20)10-14)19(25)22-12-13-4-3-9-21-11-13/h2-6,9-11,16,18H,7-8,12H2,1H3,(H,22,25)/t16-,18-/m1/s1. The molecule has 1 aliphatic rings. The van der Waals surface area contributed by atoms with Crippen LogP contribution in [0, 0.1) is 11.7 Å². The van der Waals surface area contributed by atoms with Gasteiger partial charge >= 0.3 is 0 Å². The number of piperidine rings is 1. The number of amides is 2. The van der Waals surface area contributed by atoms with Gasteiger partial charge in [-0.25, -0.2) is 4.39 Å². The molecule has 6 heteroatoms. The van der Waals surface area contributed by atoms with E-state index in [0.29, 0.717) is 24.9 Å². The summed E-state index contributed by atoms with van der Waals surface area (Å²) in [4.78, 5) is 30.4. The van der Waals surface area contributed by atoms with E-state index >= 15 is 0 Å². The highest BCUT2D eigenvalue weighted by atomic mass is 19.1. The van der Waals surface area contributed by atoms with Crippen LogP contribution in [0.2, 0.25) is 0 Å². The van der Waals surface area contributed by atoms with E-state index in [-0.39, 0.29) is 17.6 Å². The molecule has 2 aromatic rings. The molecule has 2 atom stereocenters. The van der Waals surface area contributed by atoms with Crippen molar-refractivity contribution < 1.29 is 14.0 Å². The van der Waals surface area contributed by atoms with Crippen LogP contribution in [0.3, 0.4) is 0 Å². The number of likely N-dealkylation sites (tertiary alicyclic amines) is 1. The van der Waals surface area contributed by atoms with Gasteiger partial charge in [-0.3, -0.25) is 14.6 Å². The fraction of sp³-hybridized carbons (Fsp3) is 0.316. The van der Waals surface area contributed by atoms with E-state index in [1.54, 1.807) is 36.5 Å². The smallest absolute Gasteiger partial charge is 0.225 e. The fourth-order valence-corrected chi connectivity index (χ4v) is 3.28. The third-order valence-electron chi connectivity index (χ3n) is 4.58. The third kappa shape index (κ3) is 3.84. The predicted octanol–water partition coefficient (Wildman–Crippen LogP) is 2.45. The molecule has 1 fully saturated rings. The van der Waals surface area contributed by atoms with Crippen LogP contribution in [0.25, 0.3) is 0 Å². The molecular weight excluding hydrogens is 321 g/mol. The zero-order valence-corrected chi connectivity index (χ0v) is 14.0. The van der Waals surface area contributed by atoms with E-state index in [1.807, 2.05) is 12.1 Å². The number of hydrogen-bond acceptors (Lipinski definition) is 3. The van der Waals surface area contributed by atoms with Gasteiger partial charge in [0.25, 0.3) is 0 Å². The fourth-order valence-electron chi connectivity index (χ4n) is 3.28. The molecule has 1 aliphatic heterocycles. The van der Waals surface area contributed by atoms with Crippen molar-refractivity contribution in [2.45, 2.75) is 25.4 Å².